The van der Waals surface area contributed by atoms with Gasteiger partial charge in [-0.3, -0.25) is 9.79 Å². The Morgan fingerprint density at radius 1 is 1.80 bits per heavy atom. The highest BCUT2D eigenvalue weighted by Crippen LogP contribution is 2.26. The van der Waals surface area contributed by atoms with Gasteiger partial charge >= 0.3 is 0 Å². The van der Waals surface area contributed by atoms with Crippen molar-refractivity contribution in [2.45, 2.75) is 19.9 Å². The number of thioether (sulfide) groups is 2. The molecule has 0 spiro atoms. The molecule has 0 aromatic rings. The SMILES string of the molecule is CCSC1=NC(C)C(=O)S1. The lowest BCUT2D eigenvalue weighted by atomic mass is 10.4. The normalized spacial score (nSPS) is 25.2. The fraction of sp³-hybridized carbons (Fsp3) is 0.667. The third kappa shape index (κ3) is 1.76. The summed E-state index contributed by atoms with van der Waals surface area (Å²) in [4.78, 5) is 15.0. The Kier molecular flexibility index (Phi) is 2.80. The van der Waals surface area contributed by atoms with E-state index in [0.717, 1.165) is 10.1 Å². The molecule has 1 aliphatic heterocycles. The first-order chi connectivity index (χ1) is 4.74. The fourth-order valence-electron chi connectivity index (χ4n) is 0.599. The van der Waals surface area contributed by atoms with E-state index in [0.29, 0.717) is 0 Å². The number of hydrogen-bond acceptors (Lipinski definition) is 4. The van der Waals surface area contributed by atoms with Crippen LogP contribution in [0.15, 0.2) is 4.99 Å². The molecule has 0 aromatic heterocycles. The Morgan fingerprint density at radius 3 is 2.90 bits per heavy atom. The summed E-state index contributed by atoms with van der Waals surface area (Å²) in [6.07, 6.45) is 0. The van der Waals surface area contributed by atoms with Gasteiger partial charge in [-0.05, 0) is 24.4 Å². The lowest BCUT2D eigenvalue weighted by Gasteiger charge is -1.89. The van der Waals surface area contributed by atoms with Gasteiger partial charge in [-0.15, -0.1) is 0 Å². The first-order valence-electron chi connectivity index (χ1n) is 3.16. The molecule has 1 aliphatic rings. The molecule has 10 heavy (non-hydrogen) atoms. The van der Waals surface area contributed by atoms with Crippen molar-refractivity contribution >= 4 is 33.0 Å². The van der Waals surface area contributed by atoms with Gasteiger partial charge in [0.15, 0.2) is 0 Å². The minimum Gasteiger partial charge on any atom is -0.284 e. The molecule has 0 bridgehead atoms. The molecule has 0 radical (unpaired) electrons. The van der Waals surface area contributed by atoms with E-state index in [1.165, 1.54) is 11.8 Å². The molecule has 1 atom stereocenters. The maximum absolute atomic E-state index is 10.9. The maximum atomic E-state index is 10.9. The molecule has 1 heterocycles. The molecule has 4 heteroatoms. The van der Waals surface area contributed by atoms with Crippen LogP contribution < -0.4 is 0 Å². The van der Waals surface area contributed by atoms with Crippen molar-refractivity contribution in [1.29, 1.82) is 0 Å². The molecule has 0 amide bonds. The van der Waals surface area contributed by atoms with Crippen LogP contribution >= 0.6 is 23.5 Å². The Balaban J connectivity index is 2.50. The molecular weight excluding hydrogens is 166 g/mol. The zero-order valence-electron chi connectivity index (χ0n) is 5.96. The largest absolute Gasteiger partial charge is 0.284 e. The van der Waals surface area contributed by atoms with Gasteiger partial charge in [-0.25, -0.2) is 0 Å². The summed E-state index contributed by atoms with van der Waals surface area (Å²) in [6, 6.07) is -0.112. The molecule has 1 rings (SSSR count). The summed E-state index contributed by atoms with van der Waals surface area (Å²) in [6.45, 7) is 3.89. The average molecular weight is 175 g/mol. The third-order valence-electron chi connectivity index (χ3n) is 1.10. The lowest BCUT2D eigenvalue weighted by molar-refractivity contribution is -0.111. The molecule has 0 saturated heterocycles. The molecule has 0 N–H and O–H groups in total. The molecule has 0 aliphatic carbocycles. The quantitative estimate of drug-likeness (QED) is 0.608. The van der Waals surface area contributed by atoms with Crippen LogP contribution in [0.1, 0.15) is 13.8 Å². The van der Waals surface area contributed by atoms with Crippen molar-refractivity contribution in [2.75, 3.05) is 5.75 Å². The van der Waals surface area contributed by atoms with E-state index >= 15 is 0 Å². The Labute approximate surface area is 68.9 Å². The second-order valence-corrected chi connectivity index (χ2v) is 4.43. The Bertz CT molecular complexity index is 179. The van der Waals surface area contributed by atoms with Gasteiger partial charge in [0.1, 0.15) is 10.4 Å². The summed E-state index contributed by atoms with van der Waals surface area (Å²) in [5, 5.41) is 0.177. The van der Waals surface area contributed by atoms with E-state index in [4.69, 9.17) is 0 Å². The second-order valence-electron chi connectivity index (χ2n) is 1.93. The summed E-state index contributed by atoms with van der Waals surface area (Å²) in [5.74, 6) is 0.992. The van der Waals surface area contributed by atoms with Crippen LogP contribution in [-0.4, -0.2) is 21.3 Å². The van der Waals surface area contributed by atoms with Crippen molar-refractivity contribution in [1.82, 2.24) is 0 Å². The molecule has 0 fully saturated rings. The average Bonchev–Trinajstić information content (AvgIpc) is 2.14. The van der Waals surface area contributed by atoms with Crippen LogP contribution in [0.4, 0.5) is 0 Å². The number of carbonyl (C=O) groups is 1. The number of hydrogen-bond donors (Lipinski definition) is 0. The van der Waals surface area contributed by atoms with Gasteiger partial charge in [0.25, 0.3) is 0 Å². The van der Waals surface area contributed by atoms with Crippen molar-refractivity contribution in [3.63, 3.8) is 0 Å². The van der Waals surface area contributed by atoms with Crippen LogP contribution in [0.2, 0.25) is 0 Å². The predicted octanol–water partition coefficient (Wildman–Crippen LogP) is 1.76. The fourth-order valence-corrected chi connectivity index (χ4v) is 2.52. The number of aliphatic imine (C=N–C) groups is 1. The monoisotopic (exact) mass is 175 g/mol. The van der Waals surface area contributed by atoms with Crippen molar-refractivity contribution in [2.24, 2.45) is 4.99 Å². The van der Waals surface area contributed by atoms with E-state index in [1.54, 1.807) is 11.8 Å². The van der Waals surface area contributed by atoms with E-state index in [9.17, 15) is 4.79 Å². The zero-order valence-corrected chi connectivity index (χ0v) is 7.59. The minimum atomic E-state index is -0.112. The third-order valence-corrected chi connectivity index (χ3v) is 3.16. The summed E-state index contributed by atoms with van der Waals surface area (Å²) in [5.41, 5.74) is 0. The maximum Gasteiger partial charge on any atom is 0.219 e. The standard InChI is InChI=1S/C6H9NOS2/c1-3-9-6-7-4(2)5(8)10-6/h4H,3H2,1-2H3. The molecule has 0 saturated carbocycles. The summed E-state index contributed by atoms with van der Waals surface area (Å²) in [7, 11) is 0. The van der Waals surface area contributed by atoms with Crippen LogP contribution in [0.5, 0.6) is 0 Å². The highest BCUT2D eigenvalue weighted by Gasteiger charge is 2.23. The van der Waals surface area contributed by atoms with E-state index < -0.39 is 0 Å². The number of rotatable bonds is 1. The van der Waals surface area contributed by atoms with Gasteiger partial charge in [0.05, 0.1) is 0 Å². The topological polar surface area (TPSA) is 29.4 Å². The van der Waals surface area contributed by atoms with Gasteiger partial charge in [-0.1, -0.05) is 18.7 Å². The Hall–Kier alpha value is 0.0400. The van der Waals surface area contributed by atoms with Crippen LogP contribution in [0.3, 0.4) is 0 Å². The first-order valence-corrected chi connectivity index (χ1v) is 4.96. The van der Waals surface area contributed by atoms with Crippen molar-refractivity contribution in [3.05, 3.63) is 0 Å². The molecule has 56 valence electrons. The molecular formula is C6H9NOS2. The Morgan fingerprint density at radius 2 is 2.50 bits per heavy atom. The van der Waals surface area contributed by atoms with Crippen LogP contribution in [0.25, 0.3) is 0 Å². The molecule has 0 aromatic carbocycles. The van der Waals surface area contributed by atoms with Crippen molar-refractivity contribution in [3.8, 4) is 0 Å². The van der Waals surface area contributed by atoms with Gasteiger partial charge in [0, 0.05) is 0 Å². The minimum absolute atomic E-state index is 0.112. The lowest BCUT2D eigenvalue weighted by Crippen LogP contribution is -2.02. The van der Waals surface area contributed by atoms with Crippen LogP contribution in [0, 0.1) is 0 Å². The van der Waals surface area contributed by atoms with Gasteiger partial charge in [-0.2, -0.15) is 0 Å². The van der Waals surface area contributed by atoms with Crippen molar-refractivity contribution < 1.29 is 4.79 Å². The summed E-state index contributed by atoms with van der Waals surface area (Å²) < 4.78 is 0.931. The highest BCUT2D eigenvalue weighted by atomic mass is 32.2. The second kappa shape index (κ2) is 3.44. The molecule has 1 unspecified atom stereocenters. The number of carbonyl (C=O) groups excluding carboxylic acids is 1. The van der Waals surface area contributed by atoms with E-state index in [2.05, 4.69) is 11.9 Å². The predicted molar refractivity (Wildman–Crippen MR) is 47.6 cm³/mol. The zero-order chi connectivity index (χ0) is 7.56. The van der Waals surface area contributed by atoms with Gasteiger partial charge in [0.2, 0.25) is 5.12 Å². The van der Waals surface area contributed by atoms with Crippen LogP contribution in [-0.2, 0) is 4.79 Å². The smallest absolute Gasteiger partial charge is 0.219 e. The highest BCUT2D eigenvalue weighted by molar-refractivity contribution is 8.45. The van der Waals surface area contributed by atoms with E-state index in [1.807, 2.05) is 6.92 Å². The number of nitrogens with zero attached hydrogens (tertiary/aromatic N) is 1. The van der Waals surface area contributed by atoms with Gasteiger partial charge < -0.3 is 0 Å². The van der Waals surface area contributed by atoms with E-state index in [-0.39, 0.29) is 11.2 Å². The summed E-state index contributed by atoms with van der Waals surface area (Å²) >= 11 is 2.91. The molecule has 2 nitrogen and oxygen atoms in total. The first kappa shape index (κ1) is 8.14.